The van der Waals surface area contributed by atoms with Gasteiger partial charge in [-0.2, -0.15) is 0 Å². The molecule has 0 N–H and O–H groups in total. The summed E-state index contributed by atoms with van der Waals surface area (Å²) in [6.45, 7) is 10.5. The molecule has 0 spiro atoms. The molecule has 21 aromatic rings. The van der Waals surface area contributed by atoms with Gasteiger partial charge >= 0.3 is 0 Å². The maximum Gasteiger partial charge on any atom is 0.133 e. The number of rotatable bonds is 17. The number of aryl methyl sites for hydroxylation is 5. The van der Waals surface area contributed by atoms with Gasteiger partial charge in [0.15, 0.2) is 0 Å². The van der Waals surface area contributed by atoms with Gasteiger partial charge in [-0.15, -0.1) is 0 Å². The molecule has 0 radical (unpaired) electrons. The highest BCUT2D eigenvalue weighted by molar-refractivity contribution is 6.12. The summed E-state index contributed by atoms with van der Waals surface area (Å²) in [5.41, 5.74) is 16.5. The molecule has 0 aliphatic heterocycles. The Hall–Kier alpha value is -14.2. The van der Waals surface area contributed by atoms with Crippen molar-refractivity contribution in [1.29, 1.82) is 0 Å². The predicted molar refractivity (Wildman–Crippen MR) is 484 cm³/mol. The van der Waals surface area contributed by atoms with Crippen LogP contribution in [0.25, 0.3) is 128 Å². The lowest BCUT2D eigenvalue weighted by atomic mass is 10.0. The number of hydrogen-bond acceptors (Lipinski definition) is 8. The topological polar surface area (TPSA) is 120 Å². The van der Waals surface area contributed by atoms with E-state index in [0.717, 1.165) is 112 Å². The molecule has 10 aromatic carbocycles. The normalized spacial score (nSPS) is 10.8. The second-order valence-electron chi connectivity index (χ2n) is 28.5. The summed E-state index contributed by atoms with van der Waals surface area (Å²) in [6, 6.07) is 117. The number of para-hydroxylation sites is 5. The highest BCUT2D eigenvalue weighted by atomic mass is 16.3. The summed E-state index contributed by atoms with van der Waals surface area (Å²) >= 11 is 0. The second-order valence-corrected chi connectivity index (χ2v) is 28.5. The molecule has 0 saturated carbocycles. The highest BCUT2D eigenvalue weighted by Crippen LogP contribution is 2.38. The highest BCUT2D eigenvalue weighted by Gasteiger charge is 2.17. The smallest absolute Gasteiger partial charge is 0.133 e. The van der Waals surface area contributed by atoms with Gasteiger partial charge in [-0.3, -0.25) is 0 Å². The van der Waals surface area contributed by atoms with Crippen LogP contribution in [-0.2, 0) is 25.7 Å². The van der Waals surface area contributed by atoms with Gasteiger partial charge in [0.2, 0.25) is 0 Å². The fourth-order valence-electron chi connectivity index (χ4n) is 14.5. The third-order valence-electron chi connectivity index (χ3n) is 20.3. The molecule has 0 saturated heterocycles. The SMILES string of the molecule is CCCCCc1ccco1.CCCCc1ccco1.CCCc1ccco1.CCc1ccco1.Cc1ccco1.c1cc(-c2ccco2)cc(-n2c3ccccc3c3ccccc32)c1.c1ccc(-c2ccc3c(c2)c2ccccc2n3-c2ccc(-c3ccco3)cc2)cc1.c1coc(-c2ccc(-n3c4ccccc4c4ccccc43)cc2)c1. The fraction of sp³-hybridized carbons (Fsp3) is 0.140. The second kappa shape index (κ2) is 41.2. The summed E-state index contributed by atoms with van der Waals surface area (Å²) in [4.78, 5) is 0. The van der Waals surface area contributed by atoms with E-state index >= 15 is 0 Å². The van der Waals surface area contributed by atoms with E-state index in [2.05, 4.69) is 284 Å². The number of aromatic nitrogens is 3. The molecule has 0 atom stereocenters. The summed E-state index contributed by atoms with van der Waals surface area (Å²) < 4.78 is 48.8. The summed E-state index contributed by atoms with van der Waals surface area (Å²) in [6.07, 6.45) is 25.4. The molecule has 21 rings (SSSR count). The summed E-state index contributed by atoms with van der Waals surface area (Å²) in [5, 5.41) is 7.64. The molecule has 0 bridgehead atoms. The lowest BCUT2D eigenvalue weighted by molar-refractivity contribution is 0.497. The van der Waals surface area contributed by atoms with Gasteiger partial charge in [0.25, 0.3) is 0 Å². The molecule has 0 unspecified atom stereocenters. The molecule has 11 heteroatoms. The molecule has 11 aromatic heterocycles. The lowest BCUT2D eigenvalue weighted by Crippen LogP contribution is -1.93. The van der Waals surface area contributed by atoms with Crippen molar-refractivity contribution in [1.82, 2.24) is 13.7 Å². The van der Waals surface area contributed by atoms with Crippen LogP contribution >= 0.6 is 0 Å². The van der Waals surface area contributed by atoms with Gasteiger partial charge < -0.3 is 49.0 Å². The Labute approximate surface area is 689 Å². The minimum atomic E-state index is 0.885. The minimum absolute atomic E-state index is 0.885. The van der Waals surface area contributed by atoms with Crippen molar-refractivity contribution in [3.63, 3.8) is 0 Å². The van der Waals surface area contributed by atoms with Crippen molar-refractivity contribution in [3.8, 4) is 62.2 Å². The maximum atomic E-state index is 5.56. The molecule has 118 heavy (non-hydrogen) atoms. The average Bonchev–Trinajstić information content (AvgIpc) is 1.59. The molecule has 0 fully saturated rings. The molecular formula is C107H99N3O8. The van der Waals surface area contributed by atoms with E-state index in [1.165, 1.54) is 109 Å². The van der Waals surface area contributed by atoms with Crippen molar-refractivity contribution >= 4 is 65.4 Å². The first-order valence-electron chi connectivity index (χ1n) is 40.9. The average molecular weight is 1550 g/mol. The first kappa shape index (κ1) is 80.4. The van der Waals surface area contributed by atoms with Gasteiger partial charge in [-0.05, 0) is 238 Å². The molecule has 11 heterocycles. The number of fused-ring (bicyclic) bond motifs is 9. The van der Waals surface area contributed by atoms with E-state index in [1.54, 1.807) is 50.1 Å². The van der Waals surface area contributed by atoms with Crippen molar-refractivity contribution in [2.24, 2.45) is 0 Å². The molecule has 0 aliphatic carbocycles. The van der Waals surface area contributed by atoms with Gasteiger partial charge in [0, 0.05) is 91.8 Å². The molecule has 11 nitrogen and oxygen atoms in total. The van der Waals surface area contributed by atoms with Crippen LogP contribution in [0.1, 0.15) is 95.0 Å². The lowest BCUT2D eigenvalue weighted by Gasteiger charge is -2.09. The monoisotopic (exact) mass is 1550 g/mol. The van der Waals surface area contributed by atoms with Crippen LogP contribution in [-0.4, -0.2) is 13.7 Å². The van der Waals surface area contributed by atoms with Crippen molar-refractivity contribution in [2.75, 3.05) is 0 Å². The number of hydrogen-bond donors (Lipinski definition) is 0. The Kier molecular flexibility index (Phi) is 28.1. The van der Waals surface area contributed by atoms with E-state index in [1.807, 2.05) is 104 Å². The maximum absolute atomic E-state index is 5.56. The first-order valence-corrected chi connectivity index (χ1v) is 40.9. The largest absolute Gasteiger partial charge is 0.470 e. The van der Waals surface area contributed by atoms with Gasteiger partial charge in [-0.25, -0.2) is 0 Å². The van der Waals surface area contributed by atoms with E-state index in [4.69, 9.17) is 35.3 Å². The number of furan rings is 8. The summed E-state index contributed by atoms with van der Waals surface area (Å²) in [7, 11) is 0. The van der Waals surface area contributed by atoms with Crippen LogP contribution in [0.3, 0.4) is 0 Å². The standard InChI is InChI=1S/C28H19NO.2C22H15NO.C9H14O.C8H12O.C7H10O.C6H8O.C5H6O/c1-2-7-20(8-3-1)22-14-17-27-25(19-22)24-9-4-5-10-26(24)29(27)23-15-12-21(13-16-23)28-11-6-18-30-28;1-3-11-20-18(9-1)19-10-2-4-12-21(19)23(20)17-8-5-7-16(15-17)22-13-6-14-24-22;1-3-8-20-18(6-1)19-7-2-4-9-21(19)23(20)17-13-11-16(12-14-17)22-10-5-15-24-22;1-2-3-4-6-9-7-5-8-10-9;1-2-3-5-8-6-4-7-9-8;1-2-4-7-5-3-6-8-7;1-2-6-4-3-5-7-6;1-5-3-2-4-6-5/h1-19H;2*1-15H;5,7-8H,2-4,6H2,1H3;4,6-7H,2-3,5H2,1H3;3,5-6H,2,4H2,1H3;3-5H,2H2,1H3;2-4H,1H3. The zero-order valence-corrected chi connectivity index (χ0v) is 67.6. The Morgan fingerprint density at radius 3 is 0.949 bits per heavy atom. The molecule has 0 amide bonds. The number of benzene rings is 10. The third-order valence-corrected chi connectivity index (χ3v) is 20.3. The van der Waals surface area contributed by atoms with Crippen molar-refractivity contribution in [3.05, 3.63) is 419 Å². The van der Waals surface area contributed by atoms with Crippen LogP contribution in [0.4, 0.5) is 0 Å². The number of nitrogens with zero attached hydrogens (tertiary/aromatic N) is 3. The van der Waals surface area contributed by atoms with E-state index in [9.17, 15) is 0 Å². The summed E-state index contributed by atoms with van der Waals surface area (Å²) in [5.74, 6) is 8.01. The van der Waals surface area contributed by atoms with Gasteiger partial charge in [0.05, 0.1) is 83.2 Å². The van der Waals surface area contributed by atoms with Crippen LogP contribution in [0, 0.1) is 6.92 Å². The molecule has 0 aliphatic rings. The van der Waals surface area contributed by atoms with Gasteiger partial charge in [0.1, 0.15) is 46.1 Å². The van der Waals surface area contributed by atoms with Crippen LogP contribution < -0.4 is 0 Å². The zero-order chi connectivity index (χ0) is 80.9. The minimum Gasteiger partial charge on any atom is -0.470 e. The predicted octanol–water partition coefficient (Wildman–Crippen LogP) is 31.1. The Balaban J connectivity index is 0.000000119. The Bertz CT molecular complexity index is 6280. The number of unbranched alkanes of at least 4 members (excludes halogenated alkanes) is 3. The van der Waals surface area contributed by atoms with Gasteiger partial charge in [-0.1, -0.05) is 186 Å². The van der Waals surface area contributed by atoms with Crippen LogP contribution in [0.15, 0.2) is 425 Å². The van der Waals surface area contributed by atoms with Crippen molar-refractivity contribution < 1.29 is 35.3 Å². The van der Waals surface area contributed by atoms with E-state index in [-0.39, 0.29) is 0 Å². The van der Waals surface area contributed by atoms with E-state index in [0.29, 0.717) is 0 Å². The molecular weight excluding hydrogens is 1460 g/mol. The fourth-order valence-corrected chi connectivity index (χ4v) is 14.5. The van der Waals surface area contributed by atoms with Crippen LogP contribution in [0.5, 0.6) is 0 Å². The van der Waals surface area contributed by atoms with E-state index < -0.39 is 0 Å². The Morgan fingerprint density at radius 1 is 0.212 bits per heavy atom. The Morgan fingerprint density at radius 2 is 0.568 bits per heavy atom. The van der Waals surface area contributed by atoms with Crippen molar-refractivity contribution in [2.45, 2.75) is 98.8 Å². The molecule has 590 valence electrons. The first-order chi connectivity index (χ1) is 58.3. The third kappa shape index (κ3) is 20.3. The quantitative estimate of drug-likeness (QED) is 0.0827. The van der Waals surface area contributed by atoms with Crippen LogP contribution in [0.2, 0.25) is 0 Å². The zero-order valence-electron chi connectivity index (χ0n) is 67.6.